The lowest BCUT2D eigenvalue weighted by Gasteiger charge is -2.26. The van der Waals surface area contributed by atoms with Crippen LogP contribution in [0.3, 0.4) is 0 Å². The molecule has 5 nitrogen and oxygen atoms in total. The Hall–Kier alpha value is -1.79. The highest BCUT2D eigenvalue weighted by atomic mass is 35.5. The van der Waals surface area contributed by atoms with Crippen LogP contribution in [-0.2, 0) is 13.1 Å². The van der Waals surface area contributed by atoms with Crippen LogP contribution in [0, 0.1) is 13.8 Å². The number of aryl methyl sites for hydroxylation is 1. The summed E-state index contributed by atoms with van der Waals surface area (Å²) in [7, 11) is 0. The van der Waals surface area contributed by atoms with Crippen LogP contribution in [-0.4, -0.2) is 34.3 Å². The zero-order chi connectivity index (χ0) is 21.1. The smallest absolute Gasteiger partial charge is 0.122 e. The minimum absolute atomic E-state index is 0.264. The quantitative estimate of drug-likeness (QED) is 0.504. The normalized spacial score (nSPS) is 15.7. The fourth-order valence-corrected chi connectivity index (χ4v) is 4.77. The van der Waals surface area contributed by atoms with Crippen LogP contribution >= 0.6 is 23.2 Å². The van der Waals surface area contributed by atoms with Gasteiger partial charge in [-0.05, 0) is 64.0 Å². The second-order valence-electron chi connectivity index (χ2n) is 7.91. The number of furan rings is 1. The Bertz CT molecular complexity index is 957. The topological polar surface area (TPSA) is 46.2 Å². The third-order valence-electron chi connectivity index (χ3n) is 5.99. The molecule has 0 bridgehead atoms. The summed E-state index contributed by atoms with van der Waals surface area (Å²) in [5.74, 6) is 1.03. The van der Waals surface area contributed by atoms with Crippen molar-refractivity contribution >= 4 is 23.2 Å². The first-order valence-corrected chi connectivity index (χ1v) is 11.2. The molecule has 160 valence electrons. The largest absolute Gasteiger partial charge is 0.468 e. The SMILES string of the molecule is Cc1nn(Cc2c(Cl)cccc2Cl)c(C)c1CNCC(c1ccco1)N1CCCC1. The Morgan fingerprint density at radius 1 is 1.07 bits per heavy atom. The first-order chi connectivity index (χ1) is 14.5. The molecule has 0 spiro atoms. The van der Waals surface area contributed by atoms with Gasteiger partial charge in [0.15, 0.2) is 0 Å². The van der Waals surface area contributed by atoms with Gasteiger partial charge in [0.05, 0.1) is 24.5 Å². The highest BCUT2D eigenvalue weighted by molar-refractivity contribution is 6.35. The second kappa shape index (κ2) is 9.56. The fraction of sp³-hybridized carbons (Fsp3) is 0.435. The number of halogens is 2. The van der Waals surface area contributed by atoms with E-state index < -0.39 is 0 Å². The number of hydrogen-bond donors (Lipinski definition) is 1. The summed E-state index contributed by atoms with van der Waals surface area (Å²) in [5, 5.41) is 9.72. The number of nitrogens with one attached hydrogen (secondary N) is 1. The van der Waals surface area contributed by atoms with Crippen molar-refractivity contribution in [3.8, 4) is 0 Å². The lowest BCUT2D eigenvalue weighted by Crippen LogP contribution is -2.33. The average Bonchev–Trinajstić information content (AvgIpc) is 3.47. The third-order valence-corrected chi connectivity index (χ3v) is 6.70. The van der Waals surface area contributed by atoms with E-state index in [1.54, 1.807) is 6.26 Å². The number of benzene rings is 1. The van der Waals surface area contributed by atoms with E-state index in [0.717, 1.165) is 48.9 Å². The molecule has 2 aromatic heterocycles. The van der Waals surface area contributed by atoms with Gasteiger partial charge in [0.2, 0.25) is 0 Å². The Morgan fingerprint density at radius 2 is 1.80 bits per heavy atom. The lowest BCUT2D eigenvalue weighted by atomic mass is 10.1. The Morgan fingerprint density at radius 3 is 2.47 bits per heavy atom. The van der Waals surface area contributed by atoms with Gasteiger partial charge in [-0.3, -0.25) is 9.58 Å². The predicted octanol–water partition coefficient (Wildman–Crippen LogP) is 5.37. The summed E-state index contributed by atoms with van der Waals surface area (Å²) in [5.41, 5.74) is 4.28. The van der Waals surface area contributed by atoms with Crippen molar-refractivity contribution in [2.75, 3.05) is 19.6 Å². The first kappa shape index (κ1) is 21.4. The van der Waals surface area contributed by atoms with Crippen molar-refractivity contribution in [2.24, 2.45) is 0 Å². The van der Waals surface area contributed by atoms with Crippen LogP contribution in [0.1, 0.15) is 47.2 Å². The van der Waals surface area contributed by atoms with E-state index in [-0.39, 0.29) is 6.04 Å². The zero-order valence-corrected chi connectivity index (χ0v) is 19.0. The lowest BCUT2D eigenvalue weighted by molar-refractivity contribution is 0.209. The Balaban J connectivity index is 1.45. The Kier molecular flexibility index (Phi) is 6.84. The summed E-state index contributed by atoms with van der Waals surface area (Å²) in [6, 6.07) is 9.90. The average molecular weight is 447 g/mol. The van der Waals surface area contributed by atoms with Crippen LogP contribution in [0.5, 0.6) is 0 Å². The van der Waals surface area contributed by atoms with Gasteiger partial charge in [-0.2, -0.15) is 5.10 Å². The van der Waals surface area contributed by atoms with Crippen molar-refractivity contribution in [1.29, 1.82) is 0 Å². The van der Waals surface area contributed by atoms with E-state index in [1.807, 2.05) is 28.9 Å². The molecule has 7 heteroatoms. The molecule has 3 heterocycles. The highest BCUT2D eigenvalue weighted by Crippen LogP contribution is 2.27. The molecule has 1 aromatic carbocycles. The minimum atomic E-state index is 0.264. The van der Waals surface area contributed by atoms with Crippen LogP contribution in [0.25, 0.3) is 0 Å². The number of likely N-dealkylation sites (tertiary alicyclic amines) is 1. The molecule has 1 saturated heterocycles. The molecule has 1 aliphatic heterocycles. The van der Waals surface area contributed by atoms with Gasteiger partial charge in [-0.25, -0.2) is 0 Å². The molecule has 0 aliphatic carbocycles. The fourth-order valence-electron chi connectivity index (χ4n) is 4.25. The molecule has 1 fully saturated rings. The summed E-state index contributed by atoms with van der Waals surface area (Å²) in [4.78, 5) is 2.51. The van der Waals surface area contributed by atoms with E-state index in [4.69, 9.17) is 32.7 Å². The molecule has 0 radical (unpaired) electrons. The molecular formula is C23H28Cl2N4O. The van der Waals surface area contributed by atoms with Crippen LogP contribution in [0.2, 0.25) is 10.0 Å². The standard InChI is InChI=1S/C23H28Cl2N4O/c1-16-18(17(2)29(27-16)15-19-20(24)7-5-8-21(19)25)13-26-14-22(23-9-6-12-30-23)28-10-3-4-11-28/h5-9,12,22,26H,3-4,10-11,13-15H2,1-2H3. The van der Waals surface area contributed by atoms with Crippen molar-refractivity contribution in [3.63, 3.8) is 0 Å². The van der Waals surface area contributed by atoms with Crippen LogP contribution in [0.4, 0.5) is 0 Å². The molecule has 3 aromatic rings. The minimum Gasteiger partial charge on any atom is -0.468 e. The maximum absolute atomic E-state index is 6.36. The molecule has 1 atom stereocenters. The summed E-state index contributed by atoms with van der Waals surface area (Å²) in [6.45, 7) is 8.58. The van der Waals surface area contributed by atoms with Crippen molar-refractivity contribution in [2.45, 2.75) is 45.8 Å². The third kappa shape index (κ3) is 4.59. The van der Waals surface area contributed by atoms with Gasteiger partial charge in [0.1, 0.15) is 5.76 Å². The number of aromatic nitrogens is 2. The predicted molar refractivity (Wildman–Crippen MR) is 121 cm³/mol. The van der Waals surface area contributed by atoms with E-state index in [0.29, 0.717) is 16.6 Å². The maximum atomic E-state index is 6.36. The number of nitrogens with zero attached hydrogens (tertiary/aromatic N) is 3. The van der Waals surface area contributed by atoms with E-state index >= 15 is 0 Å². The van der Waals surface area contributed by atoms with Crippen molar-refractivity contribution in [3.05, 3.63) is 74.9 Å². The van der Waals surface area contributed by atoms with E-state index in [9.17, 15) is 0 Å². The Labute approximate surface area is 188 Å². The second-order valence-corrected chi connectivity index (χ2v) is 8.73. The monoisotopic (exact) mass is 446 g/mol. The zero-order valence-electron chi connectivity index (χ0n) is 17.5. The van der Waals surface area contributed by atoms with Gasteiger partial charge in [0.25, 0.3) is 0 Å². The molecule has 0 saturated carbocycles. The van der Waals surface area contributed by atoms with Crippen molar-refractivity contribution < 1.29 is 4.42 Å². The van der Waals surface area contributed by atoms with Gasteiger partial charge in [-0.1, -0.05) is 29.3 Å². The molecule has 0 amide bonds. The van der Waals surface area contributed by atoms with E-state index in [2.05, 4.69) is 30.1 Å². The molecule has 30 heavy (non-hydrogen) atoms. The van der Waals surface area contributed by atoms with Crippen LogP contribution < -0.4 is 5.32 Å². The molecule has 1 aliphatic rings. The van der Waals surface area contributed by atoms with Gasteiger partial charge in [-0.15, -0.1) is 0 Å². The first-order valence-electron chi connectivity index (χ1n) is 10.5. The molecule has 1 unspecified atom stereocenters. The highest BCUT2D eigenvalue weighted by Gasteiger charge is 2.25. The summed E-state index contributed by atoms with van der Waals surface area (Å²) < 4.78 is 7.72. The number of rotatable bonds is 8. The van der Waals surface area contributed by atoms with E-state index in [1.165, 1.54) is 18.4 Å². The maximum Gasteiger partial charge on any atom is 0.122 e. The van der Waals surface area contributed by atoms with Gasteiger partial charge < -0.3 is 9.73 Å². The molecular weight excluding hydrogens is 419 g/mol. The molecule has 1 N–H and O–H groups in total. The summed E-state index contributed by atoms with van der Waals surface area (Å²) in [6.07, 6.45) is 4.27. The van der Waals surface area contributed by atoms with Crippen molar-refractivity contribution in [1.82, 2.24) is 20.0 Å². The van der Waals surface area contributed by atoms with Gasteiger partial charge >= 0.3 is 0 Å². The molecule has 4 rings (SSSR count). The summed E-state index contributed by atoms with van der Waals surface area (Å²) >= 11 is 12.7. The number of hydrogen-bond acceptors (Lipinski definition) is 4. The van der Waals surface area contributed by atoms with Crippen LogP contribution in [0.15, 0.2) is 41.0 Å². The van der Waals surface area contributed by atoms with Gasteiger partial charge in [0, 0.05) is 40.0 Å².